The number of nitrogens with one attached hydrogen (secondary N) is 1. The number of esters is 1. The number of benzene rings is 3. The van der Waals surface area contributed by atoms with Gasteiger partial charge in [0.15, 0.2) is 0 Å². The molecule has 1 aliphatic heterocycles. The monoisotopic (exact) mass is 376 g/mol. The SMILES string of the molecule is COC(=O)C1=C(Nc2c3ccccc3cc3ccccc23)C(=O)N(CCO)C1. The molecule has 142 valence electrons. The molecule has 0 aromatic heterocycles. The Bertz CT molecular complexity index is 1070. The van der Waals surface area contributed by atoms with Crippen molar-refractivity contribution in [1.82, 2.24) is 4.90 Å². The minimum atomic E-state index is -0.555. The molecule has 2 N–H and O–H groups in total. The number of hydrogen-bond acceptors (Lipinski definition) is 5. The van der Waals surface area contributed by atoms with Gasteiger partial charge in [-0.2, -0.15) is 0 Å². The van der Waals surface area contributed by atoms with Gasteiger partial charge in [-0.05, 0) is 16.8 Å². The highest BCUT2D eigenvalue weighted by molar-refractivity contribution is 6.15. The van der Waals surface area contributed by atoms with Crippen LogP contribution in [0.3, 0.4) is 0 Å². The Morgan fingerprint density at radius 1 is 1.11 bits per heavy atom. The molecule has 3 aromatic rings. The van der Waals surface area contributed by atoms with E-state index >= 15 is 0 Å². The van der Waals surface area contributed by atoms with E-state index < -0.39 is 5.97 Å². The van der Waals surface area contributed by atoms with E-state index in [0.717, 1.165) is 27.2 Å². The van der Waals surface area contributed by atoms with Crippen molar-refractivity contribution in [2.45, 2.75) is 0 Å². The van der Waals surface area contributed by atoms with Gasteiger partial charge in [0, 0.05) is 17.3 Å². The van der Waals surface area contributed by atoms with E-state index in [2.05, 4.69) is 11.4 Å². The van der Waals surface area contributed by atoms with Gasteiger partial charge in [-0.25, -0.2) is 4.79 Å². The van der Waals surface area contributed by atoms with Gasteiger partial charge >= 0.3 is 5.97 Å². The average molecular weight is 376 g/mol. The van der Waals surface area contributed by atoms with Gasteiger partial charge < -0.3 is 20.1 Å². The van der Waals surface area contributed by atoms with E-state index in [0.29, 0.717) is 0 Å². The molecule has 0 fully saturated rings. The number of carbonyl (C=O) groups excluding carboxylic acids is 2. The van der Waals surface area contributed by atoms with Crippen molar-refractivity contribution in [3.63, 3.8) is 0 Å². The lowest BCUT2D eigenvalue weighted by Gasteiger charge is -2.17. The van der Waals surface area contributed by atoms with Crippen molar-refractivity contribution in [3.05, 3.63) is 65.9 Å². The average Bonchev–Trinajstić information content (AvgIpc) is 3.03. The highest BCUT2D eigenvalue weighted by Gasteiger charge is 2.34. The summed E-state index contributed by atoms with van der Waals surface area (Å²) in [5.74, 6) is -0.882. The number of fused-ring (bicyclic) bond motifs is 2. The summed E-state index contributed by atoms with van der Waals surface area (Å²) in [5, 5.41) is 16.4. The molecule has 0 saturated heterocycles. The second-order valence-electron chi connectivity index (χ2n) is 6.61. The van der Waals surface area contributed by atoms with Crippen molar-refractivity contribution in [3.8, 4) is 0 Å². The Kier molecular flexibility index (Phi) is 4.71. The second kappa shape index (κ2) is 7.32. The number of ether oxygens (including phenoxy) is 1. The van der Waals surface area contributed by atoms with Gasteiger partial charge in [-0.1, -0.05) is 48.5 Å². The Labute approximate surface area is 162 Å². The summed E-state index contributed by atoms with van der Waals surface area (Å²) in [7, 11) is 1.29. The third-order valence-electron chi connectivity index (χ3n) is 4.97. The molecule has 0 aliphatic carbocycles. The Morgan fingerprint density at radius 2 is 1.71 bits per heavy atom. The van der Waals surface area contributed by atoms with Gasteiger partial charge in [0.05, 0.1) is 31.5 Å². The molecule has 28 heavy (non-hydrogen) atoms. The molecule has 1 aliphatic rings. The van der Waals surface area contributed by atoms with Crippen LogP contribution in [0.25, 0.3) is 21.5 Å². The number of rotatable bonds is 5. The fourth-order valence-corrected chi connectivity index (χ4v) is 3.62. The van der Waals surface area contributed by atoms with Crippen LogP contribution in [0.2, 0.25) is 0 Å². The van der Waals surface area contributed by atoms with E-state index in [4.69, 9.17) is 4.74 Å². The van der Waals surface area contributed by atoms with Gasteiger partial charge in [0.2, 0.25) is 0 Å². The maximum absolute atomic E-state index is 12.9. The lowest BCUT2D eigenvalue weighted by atomic mass is 10.0. The molecule has 4 rings (SSSR count). The molecule has 0 bridgehead atoms. The molecule has 0 unspecified atom stereocenters. The van der Waals surface area contributed by atoms with E-state index in [1.807, 2.05) is 48.5 Å². The molecule has 0 atom stereocenters. The van der Waals surface area contributed by atoms with Gasteiger partial charge in [0.1, 0.15) is 5.70 Å². The van der Waals surface area contributed by atoms with Crippen molar-refractivity contribution in [2.75, 3.05) is 32.1 Å². The molecule has 0 saturated carbocycles. The first kappa shape index (κ1) is 18.0. The zero-order valence-electron chi connectivity index (χ0n) is 15.4. The van der Waals surface area contributed by atoms with Crippen LogP contribution in [0.1, 0.15) is 0 Å². The lowest BCUT2D eigenvalue weighted by Crippen LogP contribution is -2.31. The van der Waals surface area contributed by atoms with Crippen molar-refractivity contribution < 1.29 is 19.4 Å². The maximum atomic E-state index is 12.9. The van der Waals surface area contributed by atoms with Crippen LogP contribution in [0.15, 0.2) is 65.9 Å². The molecular formula is C22H20N2O4. The number of anilines is 1. The van der Waals surface area contributed by atoms with Crippen LogP contribution in [-0.4, -0.2) is 48.7 Å². The number of carbonyl (C=O) groups is 2. The number of amides is 1. The number of aliphatic hydroxyl groups is 1. The molecular weight excluding hydrogens is 356 g/mol. The van der Waals surface area contributed by atoms with E-state index in [9.17, 15) is 14.7 Å². The summed E-state index contributed by atoms with van der Waals surface area (Å²) >= 11 is 0. The van der Waals surface area contributed by atoms with E-state index in [1.54, 1.807) is 0 Å². The smallest absolute Gasteiger partial charge is 0.337 e. The highest BCUT2D eigenvalue weighted by atomic mass is 16.5. The molecule has 0 radical (unpaired) electrons. The summed E-state index contributed by atoms with van der Waals surface area (Å²) in [6.07, 6.45) is 0. The number of nitrogens with zero attached hydrogens (tertiary/aromatic N) is 1. The van der Waals surface area contributed by atoms with Crippen molar-refractivity contribution in [1.29, 1.82) is 0 Å². The van der Waals surface area contributed by atoms with Crippen LogP contribution < -0.4 is 5.32 Å². The van der Waals surface area contributed by atoms with E-state index in [-0.39, 0.29) is 36.9 Å². The lowest BCUT2D eigenvalue weighted by molar-refractivity contribution is -0.136. The fourth-order valence-electron chi connectivity index (χ4n) is 3.62. The van der Waals surface area contributed by atoms with Crippen LogP contribution in [0, 0.1) is 0 Å². The normalized spacial score (nSPS) is 14.2. The van der Waals surface area contributed by atoms with Crippen LogP contribution in [0.4, 0.5) is 5.69 Å². The molecule has 3 aromatic carbocycles. The number of aliphatic hydroxyl groups excluding tert-OH is 1. The van der Waals surface area contributed by atoms with Gasteiger partial charge in [0.25, 0.3) is 5.91 Å². The molecule has 6 nitrogen and oxygen atoms in total. The van der Waals surface area contributed by atoms with Crippen LogP contribution in [-0.2, 0) is 14.3 Å². The third-order valence-corrected chi connectivity index (χ3v) is 4.97. The minimum absolute atomic E-state index is 0.108. The molecule has 1 heterocycles. The molecule has 6 heteroatoms. The van der Waals surface area contributed by atoms with E-state index in [1.165, 1.54) is 12.0 Å². The quantitative estimate of drug-likeness (QED) is 0.529. The first-order chi connectivity index (χ1) is 13.6. The Balaban J connectivity index is 1.89. The maximum Gasteiger partial charge on any atom is 0.337 e. The minimum Gasteiger partial charge on any atom is -0.466 e. The van der Waals surface area contributed by atoms with Gasteiger partial charge in [-0.3, -0.25) is 4.79 Å². The topological polar surface area (TPSA) is 78.9 Å². The second-order valence-corrected chi connectivity index (χ2v) is 6.61. The van der Waals surface area contributed by atoms with Crippen molar-refractivity contribution >= 4 is 39.1 Å². The predicted octanol–water partition coefficient (Wildman–Crippen LogP) is 2.67. The first-order valence-corrected chi connectivity index (χ1v) is 9.03. The summed E-state index contributed by atoms with van der Waals surface area (Å²) in [5.41, 5.74) is 1.23. The fraction of sp³-hybridized carbons (Fsp3) is 0.182. The zero-order chi connectivity index (χ0) is 19.7. The standard InChI is InChI=1S/C22H20N2O4/c1-28-22(27)18-13-24(10-11-25)21(26)20(18)23-19-16-8-4-2-6-14(16)12-15-7-3-5-9-17(15)19/h2-9,12,23,25H,10-11,13H2,1H3. The highest BCUT2D eigenvalue weighted by Crippen LogP contribution is 2.35. The van der Waals surface area contributed by atoms with Crippen LogP contribution in [0.5, 0.6) is 0 Å². The number of hydrogen-bond donors (Lipinski definition) is 2. The first-order valence-electron chi connectivity index (χ1n) is 9.03. The zero-order valence-corrected chi connectivity index (χ0v) is 15.4. The number of methoxy groups -OCH3 is 1. The third kappa shape index (κ3) is 2.97. The predicted molar refractivity (Wildman–Crippen MR) is 108 cm³/mol. The Hall–Kier alpha value is -3.38. The molecule has 1 amide bonds. The van der Waals surface area contributed by atoms with Gasteiger partial charge in [-0.15, -0.1) is 0 Å². The molecule has 0 spiro atoms. The summed E-state index contributed by atoms with van der Waals surface area (Å²) < 4.78 is 4.87. The van der Waals surface area contributed by atoms with Crippen LogP contribution >= 0.6 is 0 Å². The number of β-amino-alcohol motifs (C(OH)–C–C–N with tert-alkyl or cyclic N) is 1. The van der Waals surface area contributed by atoms with Crippen molar-refractivity contribution in [2.24, 2.45) is 0 Å². The summed E-state index contributed by atoms with van der Waals surface area (Å²) in [4.78, 5) is 26.6. The summed E-state index contributed by atoms with van der Waals surface area (Å²) in [6, 6.07) is 17.9. The Morgan fingerprint density at radius 3 is 2.29 bits per heavy atom. The summed E-state index contributed by atoms with van der Waals surface area (Å²) in [6.45, 7) is 0.0859. The largest absolute Gasteiger partial charge is 0.466 e.